The van der Waals surface area contributed by atoms with Gasteiger partial charge in [-0.1, -0.05) is 433 Å². The number of ether oxygens (including phenoxy) is 4. The summed E-state index contributed by atoms with van der Waals surface area (Å²) in [6.45, 7) is 9.78. The molecule has 0 radical (unpaired) electrons. The summed E-state index contributed by atoms with van der Waals surface area (Å²) in [5, 5.41) is 10.7. The van der Waals surface area contributed by atoms with Crippen molar-refractivity contribution < 1.29 is 80.2 Å². The standard InChI is InChI=1S/C90H176O17P2/c1-7-10-12-14-16-18-20-22-23-24-25-29-32-37-43-49-55-61-67-73-88(93)101-79-86(106-89(94)74-68-62-56-50-44-38-33-30-27-26-28-31-36-41-47-53-59-65-71-83(6)9-3)81-105-109(98,99)103-77-84(91)76-102-108(96,97)104-80-85(78-100-87(92)72-66-60-54-48-42-21-19-17-15-13-11-8-2)107-90(95)75-69-63-57-51-45-39-34-35-40-46-52-58-64-70-82(4)5/h82-86,91H,7-81H2,1-6H3,(H,96,97)(H,98,99)/t83?,84-,85+,86+/m0/s1. The molecule has 0 aromatic heterocycles. The highest BCUT2D eigenvalue weighted by atomic mass is 31.2. The molecule has 0 saturated heterocycles. The van der Waals surface area contributed by atoms with E-state index < -0.39 is 97.5 Å². The molecule has 0 aliphatic rings. The smallest absolute Gasteiger partial charge is 0.462 e. The molecule has 0 spiro atoms. The van der Waals surface area contributed by atoms with E-state index in [1.165, 1.54) is 302 Å². The van der Waals surface area contributed by atoms with Crippen molar-refractivity contribution in [2.75, 3.05) is 39.6 Å². The van der Waals surface area contributed by atoms with Crippen LogP contribution in [0.1, 0.15) is 485 Å². The lowest BCUT2D eigenvalue weighted by atomic mass is 9.99. The van der Waals surface area contributed by atoms with Crippen LogP contribution in [0.2, 0.25) is 0 Å². The van der Waals surface area contributed by atoms with E-state index in [1.807, 2.05) is 0 Å². The van der Waals surface area contributed by atoms with E-state index in [1.54, 1.807) is 0 Å². The van der Waals surface area contributed by atoms with Crippen molar-refractivity contribution in [2.45, 2.75) is 503 Å². The largest absolute Gasteiger partial charge is 0.472 e. The first kappa shape index (κ1) is 107. The molecule has 0 heterocycles. The maximum absolute atomic E-state index is 13.2. The molecule has 0 aliphatic carbocycles. The van der Waals surface area contributed by atoms with Gasteiger partial charge in [-0.15, -0.1) is 0 Å². The van der Waals surface area contributed by atoms with Crippen molar-refractivity contribution >= 4 is 39.5 Å². The Morgan fingerprint density at radius 2 is 0.468 bits per heavy atom. The first-order chi connectivity index (χ1) is 52.9. The van der Waals surface area contributed by atoms with E-state index in [0.29, 0.717) is 25.7 Å². The van der Waals surface area contributed by atoms with E-state index >= 15 is 0 Å². The summed E-state index contributed by atoms with van der Waals surface area (Å²) in [5.41, 5.74) is 0. The highest BCUT2D eigenvalue weighted by molar-refractivity contribution is 7.47. The Kier molecular flexibility index (Phi) is 79.8. The molecule has 0 aliphatic heterocycles. The fourth-order valence-corrected chi connectivity index (χ4v) is 15.7. The molecule has 0 rings (SSSR count). The Hall–Kier alpha value is -1.94. The molecule has 6 atom stereocenters. The number of phosphoric ester groups is 2. The average molecular weight is 1590 g/mol. The molecule has 17 nitrogen and oxygen atoms in total. The lowest BCUT2D eigenvalue weighted by molar-refractivity contribution is -0.161. The predicted octanol–water partition coefficient (Wildman–Crippen LogP) is 27.8. The van der Waals surface area contributed by atoms with Gasteiger partial charge in [0.2, 0.25) is 0 Å². The summed E-state index contributed by atoms with van der Waals surface area (Å²) in [5.74, 6) is -0.438. The van der Waals surface area contributed by atoms with Crippen LogP contribution in [0.25, 0.3) is 0 Å². The van der Waals surface area contributed by atoms with Crippen molar-refractivity contribution in [3.8, 4) is 0 Å². The molecule has 0 aromatic rings. The van der Waals surface area contributed by atoms with E-state index in [0.717, 1.165) is 102 Å². The van der Waals surface area contributed by atoms with Gasteiger partial charge >= 0.3 is 39.5 Å². The molecule has 0 bridgehead atoms. The van der Waals surface area contributed by atoms with Gasteiger partial charge in [0.1, 0.15) is 19.3 Å². The minimum Gasteiger partial charge on any atom is -0.462 e. The molecule has 3 N–H and O–H groups in total. The van der Waals surface area contributed by atoms with Gasteiger partial charge < -0.3 is 33.8 Å². The molecule has 19 heteroatoms. The van der Waals surface area contributed by atoms with Gasteiger partial charge in [0.25, 0.3) is 0 Å². The monoisotopic (exact) mass is 1590 g/mol. The Bertz CT molecular complexity index is 2080. The van der Waals surface area contributed by atoms with Gasteiger partial charge in [-0.25, -0.2) is 9.13 Å². The molecule has 3 unspecified atom stereocenters. The van der Waals surface area contributed by atoms with Crippen molar-refractivity contribution in [1.29, 1.82) is 0 Å². The van der Waals surface area contributed by atoms with Crippen LogP contribution in [0.15, 0.2) is 0 Å². The summed E-state index contributed by atoms with van der Waals surface area (Å²) in [7, 11) is -9.93. The van der Waals surface area contributed by atoms with Crippen molar-refractivity contribution in [3.63, 3.8) is 0 Å². The van der Waals surface area contributed by atoms with Gasteiger partial charge in [0.05, 0.1) is 26.4 Å². The number of phosphoric acid groups is 2. The number of unbranched alkanes of at least 4 members (excludes halogenated alkanes) is 58. The zero-order valence-corrected chi connectivity index (χ0v) is 73.7. The Labute approximate surface area is 670 Å². The van der Waals surface area contributed by atoms with Crippen LogP contribution in [-0.4, -0.2) is 96.7 Å². The van der Waals surface area contributed by atoms with Crippen molar-refractivity contribution in [3.05, 3.63) is 0 Å². The number of aliphatic hydroxyl groups excluding tert-OH is 1. The molecular formula is C90H176O17P2. The summed E-state index contributed by atoms with van der Waals surface area (Å²) in [4.78, 5) is 73.4. The highest BCUT2D eigenvalue weighted by Gasteiger charge is 2.31. The van der Waals surface area contributed by atoms with Crippen molar-refractivity contribution in [2.24, 2.45) is 11.8 Å². The molecule has 0 aromatic carbocycles. The number of carbonyl (C=O) groups excluding carboxylic acids is 4. The SMILES string of the molecule is CCCCCCCCCCCCCCCCCCCCCC(=O)OC[C@H](COP(=O)(O)OC[C@@H](O)COP(=O)(O)OC[C@@H](COC(=O)CCCCCCCCCCCCCC)OC(=O)CCCCCCCCCCCCCCCC(C)C)OC(=O)CCCCCCCCCCCCCCCCCCCCC(C)CC. The fourth-order valence-electron chi connectivity index (χ4n) is 14.1. The lowest BCUT2D eigenvalue weighted by Crippen LogP contribution is -2.30. The Balaban J connectivity index is 5.24. The Morgan fingerprint density at radius 1 is 0.266 bits per heavy atom. The van der Waals surface area contributed by atoms with Crippen LogP contribution in [-0.2, 0) is 65.4 Å². The van der Waals surface area contributed by atoms with Crippen LogP contribution in [0.3, 0.4) is 0 Å². The van der Waals surface area contributed by atoms with Crippen LogP contribution in [0, 0.1) is 11.8 Å². The molecular weight excluding hydrogens is 1410 g/mol. The number of aliphatic hydroxyl groups is 1. The predicted molar refractivity (Wildman–Crippen MR) is 451 cm³/mol. The van der Waals surface area contributed by atoms with Crippen LogP contribution in [0.4, 0.5) is 0 Å². The van der Waals surface area contributed by atoms with Crippen LogP contribution in [0.5, 0.6) is 0 Å². The highest BCUT2D eigenvalue weighted by Crippen LogP contribution is 2.45. The van der Waals surface area contributed by atoms with Gasteiger partial charge in [-0.3, -0.25) is 37.3 Å². The van der Waals surface area contributed by atoms with Gasteiger partial charge in [-0.2, -0.15) is 0 Å². The molecule has 0 saturated carbocycles. The topological polar surface area (TPSA) is 237 Å². The van der Waals surface area contributed by atoms with E-state index in [2.05, 4.69) is 41.5 Å². The maximum atomic E-state index is 13.2. The van der Waals surface area contributed by atoms with E-state index in [-0.39, 0.29) is 25.7 Å². The Morgan fingerprint density at radius 3 is 0.697 bits per heavy atom. The maximum Gasteiger partial charge on any atom is 0.472 e. The fraction of sp³-hybridized carbons (Fsp3) is 0.956. The second kappa shape index (κ2) is 81.2. The number of hydrogen-bond acceptors (Lipinski definition) is 15. The van der Waals surface area contributed by atoms with E-state index in [4.69, 9.17) is 37.0 Å². The van der Waals surface area contributed by atoms with Gasteiger partial charge in [0, 0.05) is 25.7 Å². The second-order valence-corrected chi connectivity index (χ2v) is 36.0. The van der Waals surface area contributed by atoms with Gasteiger partial charge in [0.15, 0.2) is 12.2 Å². The van der Waals surface area contributed by atoms with Crippen LogP contribution >= 0.6 is 15.6 Å². The lowest BCUT2D eigenvalue weighted by Gasteiger charge is -2.21. The summed E-state index contributed by atoms with van der Waals surface area (Å²) < 4.78 is 69.0. The summed E-state index contributed by atoms with van der Waals surface area (Å²) in [6, 6.07) is 0. The summed E-state index contributed by atoms with van der Waals surface area (Å²) in [6.07, 6.45) is 74.9. The molecule has 0 fully saturated rings. The third-order valence-electron chi connectivity index (χ3n) is 21.6. The molecule has 0 amide bonds. The normalized spacial score (nSPS) is 14.0. The summed E-state index contributed by atoms with van der Waals surface area (Å²) >= 11 is 0. The van der Waals surface area contributed by atoms with Gasteiger partial charge in [-0.05, 0) is 37.5 Å². The number of esters is 4. The van der Waals surface area contributed by atoms with Crippen molar-refractivity contribution in [1.82, 2.24) is 0 Å². The van der Waals surface area contributed by atoms with Crippen LogP contribution < -0.4 is 0 Å². The number of hydrogen-bond donors (Lipinski definition) is 3. The third kappa shape index (κ3) is 82.4. The third-order valence-corrected chi connectivity index (χ3v) is 23.5. The first-order valence-corrected chi connectivity index (χ1v) is 49.5. The zero-order valence-electron chi connectivity index (χ0n) is 71.9. The zero-order chi connectivity index (χ0) is 79.9. The average Bonchev–Trinajstić information content (AvgIpc) is 0.900. The minimum atomic E-state index is -4.97. The number of rotatable bonds is 89. The van der Waals surface area contributed by atoms with E-state index in [9.17, 15) is 43.2 Å². The second-order valence-electron chi connectivity index (χ2n) is 33.1. The molecule has 109 heavy (non-hydrogen) atoms. The first-order valence-electron chi connectivity index (χ1n) is 46.5. The molecule has 648 valence electrons. The number of carbonyl (C=O) groups is 4. The minimum absolute atomic E-state index is 0.108. The quantitative estimate of drug-likeness (QED) is 0.0222.